The molecule has 1 fully saturated rings. The average Bonchev–Trinajstić information content (AvgIpc) is 3.10. The number of aromatic nitrogens is 3. The summed E-state index contributed by atoms with van der Waals surface area (Å²) in [5.74, 6) is 0.0616. The Hall–Kier alpha value is -1.40. The number of hydrogen-bond acceptors (Lipinski definition) is 4. The SMILES string of the molecule is O=C(c1ccc(Cl)s1)N1CCCC1Cn1nccn1. The minimum atomic E-state index is 0.0616. The largest absolute Gasteiger partial charge is 0.333 e. The number of thiophene rings is 1. The Morgan fingerprint density at radius 1 is 1.42 bits per heavy atom. The van der Waals surface area contributed by atoms with Gasteiger partial charge < -0.3 is 4.90 Å². The highest BCUT2D eigenvalue weighted by Crippen LogP contribution is 2.26. The van der Waals surface area contributed by atoms with E-state index in [0.29, 0.717) is 15.8 Å². The predicted molar refractivity (Wildman–Crippen MR) is 73.4 cm³/mol. The number of hydrogen-bond donors (Lipinski definition) is 0. The second kappa shape index (κ2) is 5.30. The minimum absolute atomic E-state index is 0.0616. The Kier molecular flexibility index (Phi) is 3.52. The Morgan fingerprint density at radius 2 is 2.21 bits per heavy atom. The number of likely N-dealkylation sites (tertiary alicyclic amines) is 1. The zero-order chi connectivity index (χ0) is 13.2. The third kappa shape index (κ3) is 2.64. The van der Waals surface area contributed by atoms with Crippen molar-refractivity contribution in [2.75, 3.05) is 6.54 Å². The van der Waals surface area contributed by atoms with E-state index in [1.54, 1.807) is 29.3 Å². The van der Waals surface area contributed by atoms with Gasteiger partial charge >= 0.3 is 0 Å². The molecule has 5 nitrogen and oxygen atoms in total. The summed E-state index contributed by atoms with van der Waals surface area (Å²) in [6, 6.07) is 3.72. The maximum atomic E-state index is 12.4. The summed E-state index contributed by atoms with van der Waals surface area (Å²) >= 11 is 7.22. The van der Waals surface area contributed by atoms with Crippen LogP contribution in [-0.2, 0) is 6.54 Å². The summed E-state index contributed by atoms with van der Waals surface area (Å²) in [6.07, 6.45) is 5.32. The van der Waals surface area contributed by atoms with Crippen LogP contribution in [0.4, 0.5) is 0 Å². The first kappa shape index (κ1) is 12.6. The van der Waals surface area contributed by atoms with Gasteiger partial charge in [-0.15, -0.1) is 11.3 Å². The molecule has 100 valence electrons. The molecule has 0 aromatic carbocycles. The van der Waals surface area contributed by atoms with Crippen molar-refractivity contribution in [1.29, 1.82) is 0 Å². The van der Waals surface area contributed by atoms with Gasteiger partial charge in [0.2, 0.25) is 0 Å². The van der Waals surface area contributed by atoms with Crippen LogP contribution in [0.2, 0.25) is 4.34 Å². The molecular weight excluding hydrogens is 284 g/mol. The fourth-order valence-corrected chi connectivity index (χ4v) is 3.39. The van der Waals surface area contributed by atoms with E-state index in [-0.39, 0.29) is 11.9 Å². The zero-order valence-electron chi connectivity index (χ0n) is 10.2. The highest BCUT2D eigenvalue weighted by Gasteiger charge is 2.30. The van der Waals surface area contributed by atoms with E-state index in [4.69, 9.17) is 11.6 Å². The van der Waals surface area contributed by atoms with Gasteiger partial charge in [-0.1, -0.05) is 11.6 Å². The summed E-state index contributed by atoms with van der Waals surface area (Å²) in [5, 5.41) is 8.20. The summed E-state index contributed by atoms with van der Waals surface area (Å²) < 4.78 is 0.646. The molecule has 7 heteroatoms. The van der Waals surface area contributed by atoms with Crippen molar-refractivity contribution in [1.82, 2.24) is 19.9 Å². The van der Waals surface area contributed by atoms with Gasteiger partial charge in [0.05, 0.1) is 34.2 Å². The Labute approximate surface area is 119 Å². The molecule has 1 amide bonds. The molecule has 1 saturated heterocycles. The summed E-state index contributed by atoms with van der Waals surface area (Å²) in [6.45, 7) is 1.44. The lowest BCUT2D eigenvalue weighted by molar-refractivity contribution is 0.0723. The van der Waals surface area contributed by atoms with Crippen molar-refractivity contribution in [2.45, 2.75) is 25.4 Å². The molecule has 0 aliphatic carbocycles. The fraction of sp³-hybridized carbons (Fsp3) is 0.417. The van der Waals surface area contributed by atoms with E-state index in [1.807, 2.05) is 4.90 Å². The quantitative estimate of drug-likeness (QED) is 0.873. The lowest BCUT2D eigenvalue weighted by atomic mass is 10.2. The van der Waals surface area contributed by atoms with Crippen molar-refractivity contribution >= 4 is 28.8 Å². The molecule has 3 heterocycles. The monoisotopic (exact) mass is 296 g/mol. The molecule has 0 radical (unpaired) electrons. The Bertz CT molecular complexity index is 568. The van der Waals surface area contributed by atoms with Crippen molar-refractivity contribution in [3.63, 3.8) is 0 Å². The maximum Gasteiger partial charge on any atom is 0.264 e. The van der Waals surface area contributed by atoms with Crippen molar-refractivity contribution in [3.05, 3.63) is 33.7 Å². The van der Waals surface area contributed by atoms with Gasteiger partial charge in [-0.05, 0) is 25.0 Å². The molecule has 3 rings (SSSR count). The smallest absolute Gasteiger partial charge is 0.264 e. The molecule has 2 aromatic rings. The third-order valence-electron chi connectivity index (χ3n) is 3.26. The van der Waals surface area contributed by atoms with Crippen LogP contribution in [0.15, 0.2) is 24.5 Å². The first-order chi connectivity index (χ1) is 9.24. The van der Waals surface area contributed by atoms with Gasteiger partial charge in [0, 0.05) is 6.54 Å². The number of nitrogens with zero attached hydrogens (tertiary/aromatic N) is 4. The van der Waals surface area contributed by atoms with Crippen molar-refractivity contribution in [3.8, 4) is 0 Å². The molecule has 1 aliphatic rings. The standard InChI is InChI=1S/C12H13ClN4OS/c13-11-4-3-10(19-11)12(18)16-7-1-2-9(16)8-17-14-5-6-15-17/h3-6,9H,1-2,7-8H2. The van der Waals surface area contributed by atoms with Crippen molar-refractivity contribution in [2.24, 2.45) is 0 Å². The predicted octanol–water partition coefficient (Wildman–Crippen LogP) is 2.30. The molecule has 2 aromatic heterocycles. The van der Waals surface area contributed by atoms with Gasteiger partial charge in [0.15, 0.2) is 0 Å². The van der Waals surface area contributed by atoms with Gasteiger partial charge in [-0.3, -0.25) is 4.79 Å². The van der Waals surface area contributed by atoms with E-state index in [1.165, 1.54) is 11.3 Å². The van der Waals surface area contributed by atoms with Crippen molar-refractivity contribution < 1.29 is 4.79 Å². The van der Waals surface area contributed by atoms with Gasteiger partial charge in [-0.2, -0.15) is 15.0 Å². The van der Waals surface area contributed by atoms with Crippen LogP contribution in [0.25, 0.3) is 0 Å². The number of carbonyl (C=O) groups excluding carboxylic acids is 1. The van der Waals surface area contributed by atoms with Gasteiger partial charge in [-0.25, -0.2) is 0 Å². The van der Waals surface area contributed by atoms with E-state index in [9.17, 15) is 4.79 Å². The lowest BCUT2D eigenvalue weighted by Crippen LogP contribution is -2.38. The number of halogens is 1. The van der Waals surface area contributed by atoms with E-state index in [0.717, 1.165) is 19.4 Å². The average molecular weight is 297 g/mol. The molecule has 1 unspecified atom stereocenters. The third-order valence-corrected chi connectivity index (χ3v) is 4.48. The van der Waals surface area contributed by atoms with Crippen LogP contribution in [0.3, 0.4) is 0 Å². The molecule has 19 heavy (non-hydrogen) atoms. The first-order valence-electron chi connectivity index (χ1n) is 6.14. The van der Waals surface area contributed by atoms with Gasteiger partial charge in [0.1, 0.15) is 0 Å². The zero-order valence-corrected chi connectivity index (χ0v) is 11.8. The Balaban J connectivity index is 1.74. The minimum Gasteiger partial charge on any atom is -0.333 e. The number of rotatable bonds is 3. The first-order valence-corrected chi connectivity index (χ1v) is 7.34. The topological polar surface area (TPSA) is 51.0 Å². The van der Waals surface area contributed by atoms with E-state index < -0.39 is 0 Å². The molecular formula is C12H13ClN4OS. The van der Waals surface area contributed by atoms with Gasteiger partial charge in [0.25, 0.3) is 5.91 Å². The fourth-order valence-electron chi connectivity index (χ4n) is 2.39. The lowest BCUT2D eigenvalue weighted by Gasteiger charge is -2.23. The van der Waals surface area contributed by atoms with E-state index in [2.05, 4.69) is 10.2 Å². The van der Waals surface area contributed by atoms with Crippen LogP contribution < -0.4 is 0 Å². The molecule has 1 atom stereocenters. The number of carbonyl (C=O) groups is 1. The molecule has 0 N–H and O–H groups in total. The summed E-state index contributed by atoms with van der Waals surface area (Å²) in [4.78, 5) is 16.7. The normalized spacial score (nSPS) is 19.0. The van der Waals surface area contributed by atoms with Crippen LogP contribution in [0.5, 0.6) is 0 Å². The molecule has 0 spiro atoms. The second-order valence-corrected chi connectivity index (χ2v) is 6.20. The van der Waals surface area contributed by atoms with E-state index >= 15 is 0 Å². The highest BCUT2D eigenvalue weighted by molar-refractivity contribution is 7.17. The summed E-state index contributed by atoms with van der Waals surface area (Å²) in [7, 11) is 0. The van der Waals surface area contributed by atoms with Crippen LogP contribution >= 0.6 is 22.9 Å². The highest BCUT2D eigenvalue weighted by atomic mass is 35.5. The van der Waals surface area contributed by atoms with Crippen LogP contribution in [-0.4, -0.2) is 38.4 Å². The second-order valence-electron chi connectivity index (χ2n) is 4.48. The maximum absolute atomic E-state index is 12.4. The Morgan fingerprint density at radius 3 is 2.89 bits per heavy atom. The number of amides is 1. The molecule has 0 saturated carbocycles. The molecule has 0 bridgehead atoms. The summed E-state index contributed by atoms with van der Waals surface area (Å²) in [5.41, 5.74) is 0. The van der Waals surface area contributed by atoms with Crippen LogP contribution in [0.1, 0.15) is 22.5 Å². The molecule has 1 aliphatic heterocycles. The van der Waals surface area contributed by atoms with Crippen LogP contribution in [0, 0.1) is 0 Å².